The van der Waals surface area contributed by atoms with E-state index in [0.717, 1.165) is 16.0 Å². The second kappa shape index (κ2) is 8.05. The number of hydrogen-bond donors (Lipinski definition) is 0. The van der Waals surface area contributed by atoms with E-state index in [-0.39, 0.29) is 5.91 Å². The average Bonchev–Trinajstić information content (AvgIpc) is 3.06. The highest BCUT2D eigenvalue weighted by Crippen LogP contribution is 2.45. The topological polar surface area (TPSA) is 66.9 Å². The molecule has 2 heterocycles. The Labute approximate surface area is 196 Å². The fraction of sp³-hybridized carbons (Fsp3) is 0.192. The van der Waals surface area contributed by atoms with Crippen molar-refractivity contribution in [3.05, 3.63) is 94.0 Å². The summed E-state index contributed by atoms with van der Waals surface area (Å²) in [6, 6.07) is 17.9. The second-order valence-electron chi connectivity index (χ2n) is 8.06. The van der Waals surface area contributed by atoms with Crippen molar-refractivity contribution in [3.63, 3.8) is 0 Å². The number of β-lactam (4-membered cyclic amide) rings is 1. The van der Waals surface area contributed by atoms with Crippen LogP contribution in [0.1, 0.15) is 44.8 Å². The molecule has 6 nitrogen and oxygen atoms in total. The Morgan fingerprint density at radius 3 is 2.06 bits per heavy atom. The van der Waals surface area contributed by atoms with Gasteiger partial charge in [0.2, 0.25) is 0 Å². The number of aryl methyl sites for hydroxylation is 1. The van der Waals surface area contributed by atoms with Gasteiger partial charge in [-0.15, -0.1) is 0 Å². The number of anilines is 1. The minimum absolute atomic E-state index is 0.317. The highest BCUT2D eigenvalue weighted by Gasteiger charge is 2.57. The number of nitrogens with zero attached hydrogens (tertiary/aromatic N) is 2. The van der Waals surface area contributed by atoms with Gasteiger partial charge in [-0.25, -0.2) is 0 Å². The molecular weight excluding hydrogens is 440 g/mol. The standard InChI is InChI=1S/C26H21ClN2O4/c1-3-33-18-12-9-16(10-13-18)22-23(26(32)28(22)17-11-8-15(2)21(27)14-17)29-24(30)19-6-4-5-7-20(19)25(29)31/h4-14,22-23H,3H2,1-2H3/t22-,23-/m0/s1. The first kappa shape index (κ1) is 21.2. The number of amides is 3. The third kappa shape index (κ3) is 3.29. The summed E-state index contributed by atoms with van der Waals surface area (Å²) in [5.41, 5.74) is 2.93. The summed E-state index contributed by atoms with van der Waals surface area (Å²) in [6.07, 6.45) is 0. The maximum atomic E-state index is 13.5. The Hall–Kier alpha value is -3.64. The lowest BCUT2D eigenvalue weighted by atomic mass is 9.86. The Morgan fingerprint density at radius 2 is 1.48 bits per heavy atom. The van der Waals surface area contributed by atoms with E-state index in [2.05, 4.69) is 0 Å². The van der Waals surface area contributed by atoms with E-state index >= 15 is 0 Å². The van der Waals surface area contributed by atoms with Crippen LogP contribution in [-0.4, -0.2) is 35.3 Å². The highest BCUT2D eigenvalue weighted by atomic mass is 35.5. The van der Waals surface area contributed by atoms with Crippen LogP contribution >= 0.6 is 11.6 Å². The normalized spacial score (nSPS) is 19.5. The van der Waals surface area contributed by atoms with E-state index in [4.69, 9.17) is 16.3 Å². The summed E-state index contributed by atoms with van der Waals surface area (Å²) in [7, 11) is 0. The van der Waals surface area contributed by atoms with Crippen LogP contribution in [0.15, 0.2) is 66.7 Å². The minimum Gasteiger partial charge on any atom is -0.494 e. The number of ether oxygens (including phenoxy) is 1. The Morgan fingerprint density at radius 1 is 0.848 bits per heavy atom. The average molecular weight is 461 g/mol. The third-order valence-electron chi connectivity index (χ3n) is 6.14. The van der Waals surface area contributed by atoms with E-state index in [1.54, 1.807) is 35.2 Å². The van der Waals surface area contributed by atoms with Crippen molar-refractivity contribution >= 4 is 35.0 Å². The summed E-state index contributed by atoms with van der Waals surface area (Å²) in [5.74, 6) is -0.532. The van der Waals surface area contributed by atoms with Crippen LogP contribution in [0.3, 0.4) is 0 Å². The van der Waals surface area contributed by atoms with Crippen LogP contribution in [-0.2, 0) is 4.79 Å². The van der Waals surface area contributed by atoms with Gasteiger partial charge in [-0.2, -0.15) is 0 Å². The maximum Gasteiger partial charge on any atom is 0.262 e. The van der Waals surface area contributed by atoms with Crippen LogP contribution in [0.2, 0.25) is 5.02 Å². The molecule has 2 aliphatic rings. The van der Waals surface area contributed by atoms with Gasteiger partial charge in [0.05, 0.1) is 23.8 Å². The number of rotatable bonds is 5. The smallest absolute Gasteiger partial charge is 0.262 e. The van der Waals surface area contributed by atoms with Gasteiger partial charge in [0.15, 0.2) is 0 Å². The van der Waals surface area contributed by atoms with Crippen LogP contribution in [0.5, 0.6) is 5.75 Å². The summed E-state index contributed by atoms with van der Waals surface area (Å²) in [5, 5.41) is 0.537. The monoisotopic (exact) mass is 460 g/mol. The van der Waals surface area contributed by atoms with Gasteiger partial charge >= 0.3 is 0 Å². The van der Waals surface area contributed by atoms with Gasteiger partial charge in [0.25, 0.3) is 17.7 Å². The Bertz CT molecular complexity index is 1250. The first-order valence-corrected chi connectivity index (χ1v) is 11.1. The van der Waals surface area contributed by atoms with Crippen molar-refractivity contribution in [2.75, 3.05) is 11.5 Å². The molecule has 3 amide bonds. The van der Waals surface area contributed by atoms with E-state index in [1.807, 2.05) is 50.2 Å². The first-order chi connectivity index (χ1) is 15.9. The van der Waals surface area contributed by atoms with Gasteiger partial charge in [-0.05, 0) is 61.4 Å². The molecule has 33 heavy (non-hydrogen) atoms. The van der Waals surface area contributed by atoms with E-state index in [1.165, 1.54) is 0 Å². The van der Waals surface area contributed by atoms with Crippen molar-refractivity contribution in [1.29, 1.82) is 0 Å². The first-order valence-electron chi connectivity index (χ1n) is 10.7. The molecule has 0 aliphatic carbocycles. The van der Waals surface area contributed by atoms with Crippen LogP contribution in [0.25, 0.3) is 0 Å². The molecule has 1 saturated heterocycles. The lowest BCUT2D eigenvalue weighted by molar-refractivity contribution is -0.130. The number of carbonyl (C=O) groups excluding carboxylic acids is 3. The Kier molecular flexibility index (Phi) is 5.17. The number of imide groups is 1. The number of benzene rings is 3. The van der Waals surface area contributed by atoms with Crippen LogP contribution < -0.4 is 9.64 Å². The molecule has 3 aromatic carbocycles. The van der Waals surface area contributed by atoms with Crippen molar-refractivity contribution in [2.45, 2.75) is 25.9 Å². The van der Waals surface area contributed by atoms with Crippen molar-refractivity contribution in [1.82, 2.24) is 4.90 Å². The molecule has 166 valence electrons. The molecule has 1 fully saturated rings. The molecule has 7 heteroatoms. The van der Waals surface area contributed by atoms with Gasteiger partial charge in [-0.1, -0.05) is 41.9 Å². The highest BCUT2D eigenvalue weighted by molar-refractivity contribution is 6.32. The lowest BCUT2D eigenvalue weighted by Gasteiger charge is -2.49. The molecule has 3 aromatic rings. The summed E-state index contributed by atoms with van der Waals surface area (Å²) < 4.78 is 5.54. The third-order valence-corrected chi connectivity index (χ3v) is 6.54. The predicted molar refractivity (Wildman–Crippen MR) is 125 cm³/mol. The quantitative estimate of drug-likeness (QED) is 0.405. The zero-order chi connectivity index (χ0) is 23.3. The number of halogens is 1. The van der Waals surface area contributed by atoms with E-state index in [0.29, 0.717) is 34.2 Å². The summed E-state index contributed by atoms with van der Waals surface area (Å²) in [4.78, 5) is 42.4. The Balaban J connectivity index is 1.57. The molecule has 0 unspecified atom stereocenters. The van der Waals surface area contributed by atoms with E-state index < -0.39 is 23.9 Å². The SMILES string of the molecule is CCOc1ccc([C@H]2[C@H](N3C(=O)c4ccccc4C3=O)C(=O)N2c2ccc(C)c(Cl)c2)cc1. The number of carbonyl (C=O) groups is 3. The van der Waals surface area contributed by atoms with Crippen molar-refractivity contribution < 1.29 is 19.1 Å². The van der Waals surface area contributed by atoms with E-state index in [9.17, 15) is 14.4 Å². The summed E-state index contributed by atoms with van der Waals surface area (Å²) in [6.45, 7) is 4.32. The zero-order valence-corrected chi connectivity index (χ0v) is 18.9. The lowest BCUT2D eigenvalue weighted by Crippen LogP contribution is -2.67. The molecule has 0 radical (unpaired) electrons. The van der Waals surface area contributed by atoms with Crippen LogP contribution in [0.4, 0.5) is 5.69 Å². The molecule has 5 rings (SSSR count). The molecular formula is C26H21ClN2O4. The van der Waals surface area contributed by atoms with Gasteiger partial charge in [-0.3, -0.25) is 19.3 Å². The van der Waals surface area contributed by atoms with Crippen molar-refractivity contribution in [2.24, 2.45) is 0 Å². The fourth-order valence-corrected chi connectivity index (χ4v) is 4.64. The maximum absolute atomic E-state index is 13.5. The second-order valence-corrected chi connectivity index (χ2v) is 8.47. The molecule has 0 N–H and O–H groups in total. The van der Waals surface area contributed by atoms with Gasteiger partial charge < -0.3 is 9.64 Å². The molecule has 0 spiro atoms. The van der Waals surface area contributed by atoms with Gasteiger partial charge in [0.1, 0.15) is 11.8 Å². The van der Waals surface area contributed by atoms with Crippen LogP contribution in [0, 0.1) is 6.92 Å². The zero-order valence-electron chi connectivity index (χ0n) is 18.1. The fourth-order valence-electron chi connectivity index (χ4n) is 4.46. The number of fused-ring (bicyclic) bond motifs is 1. The molecule has 0 bridgehead atoms. The molecule has 0 saturated carbocycles. The molecule has 2 atom stereocenters. The molecule has 0 aromatic heterocycles. The largest absolute Gasteiger partial charge is 0.494 e. The van der Waals surface area contributed by atoms with Gasteiger partial charge in [0, 0.05) is 10.7 Å². The number of hydrogen-bond acceptors (Lipinski definition) is 4. The van der Waals surface area contributed by atoms with Crippen molar-refractivity contribution in [3.8, 4) is 5.75 Å². The minimum atomic E-state index is -0.949. The molecule has 2 aliphatic heterocycles. The summed E-state index contributed by atoms with van der Waals surface area (Å²) >= 11 is 6.33. The predicted octanol–water partition coefficient (Wildman–Crippen LogP) is 4.80.